The van der Waals surface area contributed by atoms with Crippen LogP contribution in [0.3, 0.4) is 0 Å². The van der Waals surface area contributed by atoms with E-state index in [1.165, 1.54) is 0 Å². The lowest BCUT2D eigenvalue weighted by molar-refractivity contribution is -0.121. The third kappa shape index (κ3) is 3.77. The van der Waals surface area contributed by atoms with E-state index in [-0.39, 0.29) is 16.5 Å². The number of amides is 1. The number of fused-ring (bicyclic) bond motifs is 1. The van der Waals surface area contributed by atoms with Gasteiger partial charge in [0.1, 0.15) is 4.66 Å². The Labute approximate surface area is 133 Å². The highest BCUT2D eigenvalue weighted by atomic mass is 79.9. The van der Waals surface area contributed by atoms with Crippen LogP contribution < -0.4 is 9.62 Å². The van der Waals surface area contributed by atoms with Gasteiger partial charge in [-0.1, -0.05) is 35.8 Å². The molecule has 0 spiro atoms. The predicted molar refractivity (Wildman–Crippen MR) is 88.3 cm³/mol. The fraction of sp³-hybridized carbons (Fsp3) is 0.500. The number of sulfonamides is 1. The third-order valence-corrected chi connectivity index (χ3v) is 6.02. The highest BCUT2D eigenvalue weighted by Crippen LogP contribution is 2.31. The van der Waals surface area contributed by atoms with Gasteiger partial charge >= 0.3 is 0 Å². The number of nitrogens with zero attached hydrogens (tertiary/aromatic N) is 1. The number of aryl methyl sites for hydroxylation is 1. The van der Waals surface area contributed by atoms with E-state index in [1.807, 2.05) is 19.9 Å². The van der Waals surface area contributed by atoms with Crippen LogP contribution in [0.2, 0.25) is 0 Å². The second-order valence-electron chi connectivity index (χ2n) is 5.42. The molecule has 2 rings (SSSR count). The fourth-order valence-corrected chi connectivity index (χ4v) is 3.27. The van der Waals surface area contributed by atoms with Gasteiger partial charge < -0.3 is 4.90 Å². The molecular weight excluding hydrogens is 356 g/mol. The summed E-state index contributed by atoms with van der Waals surface area (Å²) in [5.41, 5.74) is 2.38. The van der Waals surface area contributed by atoms with Crippen molar-refractivity contribution >= 4 is 43.2 Å². The van der Waals surface area contributed by atoms with Crippen LogP contribution in [0.5, 0.6) is 0 Å². The molecule has 1 heterocycles. The Bertz CT molecular complexity index is 644. The summed E-state index contributed by atoms with van der Waals surface area (Å²) in [5, 5.41) is 0. The predicted octanol–water partition coefficient (Wildman–Crippen LogP) is 2.72. The van der Waals surface area contributed by atoms with Crippen LogP contribution in [0.1, 0.15) is 25.8 Å². The van der Waals surface area contributed by atoms with Gasteiger partial charge in [0.15, 0.2) is 0 Å². The SMILES string of the molecule is CC(C)C(=O)N1CCCc2ccc(NS(=O)(=O)CBr)cc21. The maximum absolute atomic E-state index is 12.3. The molecule has 1 aliphatic rings. The summed E-state index contributed by atoms with van der Waals surface area (Å²) in [5.74, 6) is -0.0183. The number of carbonyl (C=O) groups is 1. The minimum absolute atomic E-state index is 0.0662. The largest absolute Gasteiger partial charge is 0.312 e. The molecule has 5 nitrogen and oxygen atoms in total. The van der Waals surface area contributed by atoms with Crippen molar-refractivity contribution in [3.8, 4) is 0 Å². The van der Waals surface area contributed by atoms with Gasteiger partial charge in [-0.05, 0) is 30.5 Å². The van der Waals surface area contributed by atoms with Crippen molar-refractivity contribution in [2.24, 2.45) is 5.92 Å². The molecule has 1 aromatic rings. The van der Waals surface area contributed by atoms with Crippen molar-refractivity contribution in [2.75, 3.05) is 20.8 Å². The quantitative estimate of drug-likeness (QED) is 0.823. The molecule has 0 bridgehead atoms. The van der Waals surface area contributed by atoms with Crippen molar-refractivity contribution in [2.45, 2.75) is 26.7 Å². The highest BCUT2D eigenvalue weighted by molar-refractivity contribution is 9.10. The van der Waals surface area contributed by atoms with E-state index in [0.29, 0.717) is 12.2 Å². The summed E-state index contributed by atoms with van der Waals surface area (Å²) >= 11 is 2.94. The molecule has 0 aliphatic carbocycles. The number of nitrogens with one attached hydrogen (secondary N) is 1. The van der Waals surface area contributed by atoms with Gasteiger partial charge in [0.05, 0.1) is 5.69 Å². The molecule has 0 aromatic heterocycles. The maximum atomic E-state index is 12.3. The number of anilines is 2. The molecule has 1 amide bonds. The molecule has 0 unspecified atom stereocenters. The lowest BCUT2D eigenvalue weighted by Crippen LogP contribution is -2.38. The highest BCUT2D eigenvalue weighted by Gasteiger charge is 2.25. The zero-order chi connectivity index (χ0) is 15.6. The topological polar surface area (TPSA) is 66.5 Å². The minimum atomic E-state index is -3.39. The zero-order valence-electron chi connectivity index (χ0n) is 12.1. The second kappa shape index (κ2) is 6.36. The Morgan fingerprint density at radius 2 is 2.14 bits per heavy atom. The van der Waals surface area contributed by atoms with Crippen molar-refractivity contribution in [3.63, 3.8) is 0 Å². The summed E-state index contributed by atoms with van der Waals surface area (Å²) in [7, 11) is -3.39. The smallest absolute Gasteiger partial charge is 0.242 e. The van der Waals surface area contributed by atoms with Gasteiger partial charge in [-0.3, -0.25) is 9.52 Å². The second-order valence-corrected chi connectivity index (χ2v) is 8.44. The maximum Gasteiger partial charge on any atom is 0.242 e. The number of hydrogen-bond donors (Lipinski definition) is 1. The molecule has 0 radical (unpaired) electrons. The molecule has 7 heteroatoms. The molecular formula is C14H19BrN2O3S. The average Bonchev–Trinajstić information content (AvgIpc) is 2.45. The van der Waals surface area contributed by atoms with Crippen LogP contribution in [0.4, 0.5) is 11.4 Å². The minimum Gasteiger partial charge on any atom is -0.312 e. The van der Waals surface area contributed by atoms with E-state index in [4.69, 9.17) is 0 Å². The van der Waals surface area contributed by atoms with E-state index >= 15 is 0 Å². The molecule has 1 aliphatic heterocycles. The van der Waals surface area contributed by atoms with E-state index < -0.39 is 10.0 Å². The average molecular weight is 375 g/mol. The summed E-state index contributed by atoms with van der Waals surface area (Å²) in [6.07, 6.45) is 1.83. The lowest BCUT2D eigenvalue weighted by Gasteiger charge is -2.31. The van der Waals surface area contributed by atoms with Crippen molar-refractivity contribution in [3.05, 3.63) is 23.8 Å². The standard InChI is InChI=1S/C14H19BrN2O3S/c1-10(2)14(18)17-7-3-4-11-5-6-12(8-13(11)17)16-21(19,20)9-15/h5-6,8,10,16H,3-4,7,9H2,1-2H3. The van der Waals surface area contributed by atoms with Crippen molar-refractivity contribution in [1.29, 1.82) is 0 Å². The summed E-state index contributed by atoms with van der Waals surface area (Å²) in [6.45, 7) is 4.42. The number of rotatable bonds is 4. The Balaban J connectivity index is 2.36. The first-order valence-electron chi connectivity index (χ1n) is 6.85. The van der Waals surface area contributed by atoms with E-state index in [0.717, 1.165) is 24.1 Å². The Morgan fingerprint density at radius 1 is 1.43 bits per heavy atom. The zero-order valence-corrected chi connectivity index (χ0v) is 14.5. The van der Waals surface area contributed by atoms with Crippen LogP contribution in [-0.4, -0.2) is 25.5 Å². The van der Waals surface area contributed by atoms with Crippen LogP contribution in [-0.2, 0) is 21.2 Å². The summed E-state index contributed by atoms with van der Waals surface area (Å²) in [6, 6.07) is 5.37. The van der Waals surface area contributed by atoms with E-state index in [9.17, 15) is 13.2 Å². The molecule has 21 heavy (non-hydrogen) atoms. The van der Waals surface area contributed by atoms with Crippen molar-refractivity contribution < 1.29 is 13.2 Å². The summed E-state index contributed by atoms with van der Waals surface area (Å²) in [4.78, 5) is 14.1. The van der Waals surface area contributed by atoms with E-state index in [2.05, 4.69) is 20.7 Å². The first kappa shape index (κ1) is 16.3. The monoisotopic (exact) mass is 374 g/mol. The fourth-order valence-electron chi connectivity index (χ4n) is 2.39. The molecule has 1 aromatic carbocycles. The molecule has 0 saturated heterocycles. The number of halogens is 1. The van der Waals surface area contributed by atoms with Crippen molar-refractivity contribution in [1.82, 2.24) is 0 Å². The first-order chi connectivity index (χ1) is 9.84. The molecule has 0 fully saturated rings. The number of hydrogen-bond acceptors (Lipinski definition) is 3. The molecule has 0 saturated carbocycles. The van der Waals surface area contributed by atoms with Crippen LogP contribution in [0.15, 0.2) is 18.2 Å². The molecule has 0 atom stereocenters. The number of carbonyl (C=O) groups excluding carboxylic acids is 1. The molecule has 116 valence electrons. The van der Waals surface area contributed by atoms with Gasteiger partial charge in [-0.15, -0.1) is 0 Å². The van der Waals surface area contributed by atoms with Gasteiger partial charge in [0.25, 0.3) is 0 Å². The first-order valence-corrected chi connectivity index (χ1v) is 9.62. The van der Waals surface area contributed by atoms with Crippen LogP contribution >= 0.6 is 15.9 Å². The Kier molecular flexibility index (Phi) is 4.93. The Morgan fingerprint density at radius 3 is 2.76 bits per heavy atom. The van der Waals surface area contributed by atoms with Gasteiger partial charge in [-0.25, -0.2) is 8.42 Å². The van der Waals surface area contributed by atoms with Gasteiger partial charge in [0.2, 0.25) is 15.9 Å². The van der Waals surface area contributed by atoms with Crippen LogP contribution in [0, 0.1) is 5.92 Å². The van der Waals surface area contributed by atoms with E-state index in [1.54, 1.807) is 17.0 Å². The molecule has 1 N–H and O–H groups in total. The van der Waals surface area contributed by atoms with Crippen LogP contribution in [0.25, 0.3) is 0 Å². The number of alkyl halides is 1. The van der Waals surface area contributed by atoms with Gasteiger partial charge in [-0.2, -0.15) is 0 Å². The Hall–Kier alpha value is -1.08. The van der Waals surface area contributed by atoms with Gasteiger partial charge in [0, 0.05) is 18.2 Å². The summed E-state index contributed by atoms with van der Waals surface area (Å²) < 4.78 is 25.6. The number of benzene rings is 1. The third-order valence-electron chi connectivity index (χ3n) is 3.38. The lowest BCUT2D eigenvalue weighted by atomic mass is 9.99. The normalized spacial score (nSPS) is 15.0.